The van der Waals surface area contributed by atoms with Crippen molar-refractivity contribution in [1.29, 1.82) is 0 Å². The SMILES string of the molecule is Nc1cccc(Oc2ccc(F)cc2Cl)c1. The van der Waals surface area contributed by atoms with Crippen molar-refractivity contribution in [2.24, 2.45) is 0 Å². The lowest BCUT2D eigenvalue weighted by atomic mass is 10.3. The smallest absolute Gasteiger partial charge is 0.146 e. The maximum absolute atomic E-state index is 12.8. The molecule has 2 N–H and O–H groups in total. The first-order chi connectivity index (χ1) is 7.65. The zero-order chi connectivity index (χ0) is 11.5. The van der Waals surface area contributed by atoms with Gasteiger partial charge in [-0.3, -0.25) is 0 Å². The number of nitrogens with two attached hydrogens (primary N) is 1. The molecule has 0 aliphatic heterocycles. The third kappa shape index (κ3) is 2.44. The second-order valence-corrected chi connectivity index (χ2v) is 3.66. The number of hydrogen-bond acceptors (Lipinski definition) is 2. The number of ether oxygens (including phenoxy) is 1. The minimum atomic E-state index is -0.398. The van der Waals surface area contributed by atoms with E-state index in [1.165, 1.54) is 18.2 Å². The van der Waals surface area contributed by atoms with Crippen molar-refractivity contribution in [2.75, 3.05) is 5.73 Å². The maximum atomic E-state index is 12.8. The summed E-state index contributed by atoms with van der Waals surface area (Å²) >= 11 is 5.82. The van der Waals surface area contributed by atoms with Gasteiger partial charge in [-0.1, -0.05) is 17.7 Å². The highest BCUT2D eigenvalue weighted by atomic mass is 35.5. The summed E-state index contributed by atoms with van der Waals surface area (Å²) in [5.41, 5.74) is 6.19. The third-order valence-electron chi connectivity index (χ3n) is 1.98. The molecule has 0 spiro atoms. The number of benzene rings is 2. The first kappa shape index (κ1) is 10.8. The molecule has 82 valence electrons. The molecular formula is C12H9ClFNO. The van der Waals surface area contributed by atoms with Gasteiger partial charge in [0.25, 0.3) is 0 Å². The fourth-order valence-corrected chi connectivity index (χ4v) is 1.47. The molecule has 0 bridgehead atoms. The van der Waals surface area contributed by atoms with Gasteiger partial charge < -0.3 is 10.5 Å². The molecule has 0 radical (unpaired) electrons. The summed E-state index contributed by atoms with van der Waals surface area (Å²) in [7, 11) is 0. The molecule has 0 amide bonds. The third-order valence-corrected chi connectivity index (χ3v) is 2.28. The minimum absolute atomic E-state index is 0.224. The Kier molecular flexibility index (Phi) is 2.97. The van der Waals surface area contributed by atoms with Crippen molar-refractivity contribution in [1.82, 2.24) is 0 Å². The molecule has 0 saturated carbocycles. The van der Waals surface area contributed by atoms with Gasteiger partial charge in [0.15, 0.2) is 0 Å². The van der Waals surface area contributed by atoms with Crippen molar-refractivity contribution in [3.63, 3.8) is 0 Å². The van der Waals surface area contributed by atoms with E-state index in [4.69, 9.17) is 22.1 Å². The zero-order valence-electron chi connectivity index (χ0n) is 8.28. The van der Waals surface area contributed by atoms with Gasteiger partial charge in [-0.15, -0.1) is 0 Å². The van der Waals surface area contributed by atoms with Crippen molar-refractivity contribution in [3.8, 4) is 11.5 Å². The molecular weight excluding hydrogens is 229 g/mol. The Bertz CT molecular complexity index is 516. The predicted molar refractivity (Wildman–Crippen MR) is 62.3 cm³/mol. The van der Waals surface area contributed by atoms with Crippen LogP contribution in [0.5, 0.6) is 11.5 Å². The fraction of sp³-hybridized carbons (Fsp3) is 0. The normalized spacial score (nSPS) is 10.1. The summed E-state index contributed by atoms with van der Waals surface area (Å²) in [6.45, 7) is 0. The first-order valence-electron chi connectivity index (χ1n) is 4.63. The molecule has 16 heavy (non-hydrogen) atoms. The van der Waals surface area contributed by atoms with Crippen LogP contribution in [0.2, 0.25) is 5.02 Å². The molecule has 0 unspecified atom stereocenters. The fourth-order valence-electron chi connectivity index (χ4n) is 1.26. The molecule has 4 heteroatoms. The standard InChI is InChI=1S/C12H9ClFNO/c13-11-6-8(14)4-5-12(11)16-10-3-1-2-9(15)7-10/h1-7H,15H2. The average molecular weight is 238 g/mol. The number of halogens is 2. The van der Waals surface area contributed by atoms with Crippen LogP contribution in [-0.4, -0.2) is 0 Å². The summed E-state index contributed by atoms with van der Waals surface area (Å²) < 4.78 is 18.3. The van der Waals surface area contributed by atoms with Crippen LogP contribution >= 0.6 is 11.6 Å². The van der Waals surface area contributed by atoms with Crippen LogP contribution in [0.4, 0.5) is 10.1 Å². The van der Waals surface area contributed by atoms with Crippen molar-refractivity contribution >= 4 is 17.3 Å². The van der Waals surface area contributed by atoms with Gasteiger partial charge in [0.2, 0.25) is 0 Å². The highest BCUT2D eigenvalue weighted by molar-refractivity contribution is 6.32. The van der Waals surface area contributed by atoms with E-state index < -0.39 is 5.82 Å². The number of hydrogen-bond donors (Lipinski definition) is 1. The van der Waals surface area contributed by atoms with Gasteiger partial charge >= 0.3 is 0 Å². The number of anilines is 1. The number of rotatable bonds is 2. The van der Waals surface area contributed by atoms with E-state index >= 15 is 0 Å². The van der Waals surface area contributed by atoms with E-state index in [0.29, 0.717) is 17.2 Å². The summed E-state index contributed by atoms with van der Waals surface area (Å²) in [5, 5.41) is 0.224. The minimum Gasteiger partial charge on any atom is -0.456 e. The van der Waals surface area contributed by atoms with Crippen molar-refractivity contribution in [3.05, 3.63) is 53.3 Å². The predicted octanol–water partition coefficient (Wildman–Crippen LogP) is 3.85. The molecule has 0 atom stereocenters. The molecule has 2 nitrogen and oxygen atoms in total. The average Bonchev–Trinajstić information content (AvgIpc) is 2.22. The van der Waals surface area contributed by atoms with Gasteiger partial charge in [0.1, 0.15) is 17.3 Å². The lowest BCUT2D eigenvalue weighted by Crippen LogP contribution is -1.88. The van der Waals surface area contributed by atoms with Gasteiger partial charge in [-0.05, 0) is 30.3 Å². The lowest BCUT2D eigenvalue weighted by Gasteiger charge is -2.07. The van der Waals surface area contributed by atoms with Crippen LogP contribution in [0.25, 0.3) is 0 Å². The molecule has 0 aromatic heterocycles. The molecule has 0 saturated heterocycles. The Morgan fingerprint density at radius 3 is 2.62 bits per heavy atom. The van der Waals surface area contributed by atoms with E-state index in [2.05, 4.69) is 0 Å². The van der Waals surface area contributed by atoms with E-state index in [1.807, 2.05) is 0 Å². The van der Waals surface area contributed by atoms with E-state index in [9.17, 15) is 4.39 Å². The van der Waals surface area contributed by atoms with Crippen LogP contribution in [0.15, 0.2) is 42.5 Å². The molecule has 2 aromatic carbocycles. The molecule has 0 fully saturated rings. The van der Waals surface area contributed by atoms with Crippen LogP contribution in [-0.2, 0) is 0 Å². The van der Waals surface area contributed by atoms with Gasteiger partial charge in [-0.2, -0.15) is 0 Å². The Morgan fingerprint density at radius 2 is 1.94 bits per heavy atom. The van der Waals surface area contributed by atoms with Crippen LogP contribution in [0, 0.1) is 5.82 Å². The molecule has 2 rings (SSSR count). The molecule has 2 aromatic rings. The Hall–Kier alpha value is -1.74. The van der Waals surface area contributed by atoms with Crippen molar-refractivity contribution < 1.29 is 9.13 Å². The Balaban J connectivity index is 2.27. The summed E-state index contributed by atoms with van der Waals surface area (Å²) in [6.07, 6.45) is 0. The number of nitrogen functional groups attached to an aromatic ring is 1. The molecule has 0 aliphatic rings. The topological polar surface area (TPSA) is 35.2 Å². The van der Waals surface area contributed by atoms with Gasteiger partial charge in [-0.25, -0.2) is 4.39 Å². The summed E-state index contributed by atoms with van der Waals surface area (Å²) in [6, 6.07) is 10.9. The first-order valence-corrected chi connectivity index (χ1v) is 5.01. The maximum Gasteiger partial charge on any atom is 0.146 e. The zero-order valence-corrected chi connectivity index (χ0v) is 9.04. The highest BCUT2D eigenvalue weighted by Crippen LogP contribution is 2.30. The summed E-state index contributed by atoms with van der Waals surface area (Å²) in [5.74, 6) is 0.562. The van der Waals surface area contributed by atoms with Crippen LogP contribution in [0.3, 0.4) is 0 Å². The van der Waals surface area contributed by atoms with E-state index in [0.717, 1.165) is 0 Å². The van der Waals surface area contributed by atoms with E-state index in [1.54, 1.807) is 24.3 Å². The van der Waals surface area contributed by atoms with E-state index in [-0.39, 0.29) is 5.02 Å². The lowest BCUT2D eigenvalue weighted by molar-refractivity contribution is 0.481. The molecule has 0 heterocycles. The second-order valence-electron chi connectivity index (χ2n) is 3.25. The van der Waals surface area contributed by atoms with Gasteiger partial charge in [0.05, 0.1) is 5.02 Å². The second kappa shape index (κ2) is 4.41. The Morgan fingerprint density at radius 1 is 1.12 bits per heavy atom. The molecule has 0 aliphatic carbocycles. The Labute approximate surface area is 97.4 Å². The quantitative estimate of drug-likeness (QED) is 0.805. The van der Waals surface area contributed by atoms with Crippen LogP contribution < -0.4 is 10.5 Å². The van der Waals surface area contributed by atoms with Crippen LogP contribution in [0.1, 0.15) is 0 Å². The van der Waals surface area contributed by atoms with Gasteiger partial charge in [0, 0.05) is 11.8 Å². The monoisotopic (exact) mass is 237 g/mol. The summed E-state index contributed by atoms with van der Waals surface area (Å²) in [4.78, 5) is 0. The highest BCUT2D eigenvalue weighted by Gasteiger charge is 2.04. The largest absolute Gasteiger partial charge is 0.456 e. The van der Waals surface area contributed by atoms with Crippen molar-refractivity contribution in [2.45, 2.75) is 0 Å².